The fourth-order valence-corrected chi connectivity index (χ4v) is 4.34. The number of benzene rings is 1. The molecular formula is C15H20Cl3NO. The molecule has 0 radical (unpaired) electrons. The number of fused-ring (bicyclic) bond motifs is 4. The molecule has 0 saturated heterocycles. The molecule has 4 atom stereocenters. The number of hydrogen-bond acceptors (Lipinski definition) is 2. The van der Waals surface area contributed by atoms with E-state index in [1.54, 1.807) is 0 Å². The molecule has 1 saturated carbocycles. The topological polar surface area (TPSA) is 23.5 Å². The van der Waals surface area contributed by atoms with Crippen LogP contribution in [0.15, 0.2) is 12.1 Å². The van der Waals surface area contributed by atoms with Gasteiger partial charge in [-0.2, -0.15) is 0 Å². The quantitative estimate of drug-likeness (QED) is 0.844. The molecule has 1 aromatic carbocycles. The van der Waals surface area contributed by atoms with Gasteiger partial charge in [-0.25, -0.2) is 0 Å². The highest BCUT2D eigenvalue weighted by Gasteiger charge is 2.44. The van der Waals surface area contributed by atoms with Crippen LogP contribution in [0.3, 0.4) is 0 Å². The maximum absolute atomic E-state index is 10.3. The minimum absolute atomic E-state index is 0. The third-order valence-electron chi connectivity index (χ3n) is 4.75. The Morgan fingerprint density at radius 1 is 1.15 bits per heavy atom. The highest BCUT2D eigenvalue weighted by atomic mass is 35.5. The van der Waals surface area contributed by atoms with Crippen LogP contribution >= 0.6 is 35.6 Å². The summed E-state index contributed by atoms with van der Waals surface area (Å²) in [5.74, 6) is 0.764. The molecule has 1 unspecified atom stereocenters. The molecule has 0 heterocycles. The second-order valence-corrected chi connectivity index (χ2v) is 6.85. The second-order valence-electron chi connectivity index (χ2n) is 6.04. The van der Waals surface area contributed by atoms with Gasteiger partial charge in [-0.05, 0) is 56.6 Å². The lowest BCUT2D eigenvalue weighted by molar-refractivity contribution is -0.00214. The number of rotatable bonds is 1. The number of nitrogens with zero attached hydrogens (tertiary/aromatic N) is 1. The lowest BCUT2D eigenvalue weighted by Gasteiger charge is -2.49. The summed E-state index contributed by atoms with van der Waals surface area (Å²) in [7, 11) is 4.20. The fourth-order valence-electron chi connectivity index (χ4n) is 3.98. The van der Waals surface area contributed by atoms with Gasteiger partial charge in [0.05, 0.1) is 16.1 Å². The van der Waals surface area contributed by atoms with Crippen molar-refractivity contribution in [2.45, 2.75) is 37.3 Å². The standard InChI is InChI=1S/C15H19Cl2NO.ClH/c1-18(2)15-9-3-4-14(19)11(15)5-8-6-12(16)13(17)7-10(8)9;/h6-7,9,11,14-15,19H,3-5H2,1-2H3;1H/t9-,11-,14+,15?;/m1./s1. The van der Waals surface area contributed by atoms with Gasteiger partial charge < -0.3 is 10.0 Å². The first-order valence-corrected chi connectivity index (χ1v) is 7.57. The number of hydrogen-bond donors (Lipinski definition) is 1. The van der Waals surface area contributed by atoms with E-state index < -0.39 is 0 Å². The highest BCUT2D eigenvalue weighted by molar-refractivity contribution is 6.42. The van der Waals surface area contributed by atoms with Crippen LogP contribution in [0.2, 0.25) is 10.0 Å². The van der Waals surface area contributed by atoms with Crippen LogP contribution in [0.5, 0.6) is 0 Å². The van der Waals surface area contributed by atoms with Gasteiger partial charge >= 0.3 is 0 Å². The van der Waals surface area contributed by atoms with E-state index in [1.165, 1.54) is 11.1 Å². The zero-order valence-electron chi connectivity index (χ0n) is 11.6. The number of halogens is 3. The molecule has 5 heteroatoms. The van der Waals surface area contributed by atoms with E-state index >= 15 is 0 Å². The van der Waals surface area contributed by atoms with Crippen molar-refractivity contribution in [2.24, 2.45) is 5.92 Å². The highest BCUT2D eigenvalue weighted by Crippen LogP contribution is 2.47. The smallest absolute Gasteiger partial charge is 0.0595 e. The molecule has 1 aromatic rings. The SMILES string of the molecule is CN(C)C1[C@@H]2CC[C@H](O)[C@H]1Cc1cc(Cl)c(Cl)cc12.Cl. The Labute approximate surface area is 136 Å². The molecule has 2 bridgehead atoms. The van der Waals surface area contributed by atoms with Crippen LogP contribution in [0.4, 0.5) is 0 Å². The van der Waals surface area contributed by atoms with Gasteiger partial charge in [0.25, 0.3) is 0 Å². The van der Waals surface area contributed by atoms with Crippen molar-refractivity contribution < 1.29 is 5.11 Å². The molecule has 2 nitrogen and oxygen atoms in total. The summed E-state index contributed by atoms with van der Waals surface area (Å²) in [4.78, 5) is 2.25. The minimum Gasteiger partial charge on any atom is -0.393 e. The van der Waals surface area contributed by atoms with Crippen molar-refractivity contribution in [3.05, 3.63) is 33.3 Å². The predicted molar refractivity (Wildman–Crippen MR) is 86.4 cm³/mol. The Kier molecular flexibility index (Phi) is 4.93. The maximum Gasteiger partial charge on any atom is 0.0595 e. The van der Waals surface area contributed by atoms with Gasteiger partial charge in [0, 0.05) is 17.9 Å². The molecule has 20 heavy (non-hydrogen) atoms. The Morgan fingerprint density at radius 2 is 1.80 bits per heavy atom. The van der Waals surface area contributed by atoms with Crippen LogP contribution in [0, 0.1) is 5.92 Å². The molecule has 0 aliphatic heterocycles. The molecular weight excluding hydrogens is 317 g/mol. The van der Waals surface area contributed by atoms with Gasteiger partial charge in [0.15, 0.2) is 0 Å². The van der Waals surface area contributed by atoms with Crippen molar-refractivity contribution >= 4 is 35.6 Å². The monoisotopic (exact) mass is 335 g/mol. The van der Waals surface area contributed by atoms with E-state index in [-0.39, 0.29) is 18.5 Å². The molecule has 0 amide bonds. The maximum atomic E-state index is 10.3. The summed E-state index contributed by atoms with van der Waals surface area (Å²) in [6, 6.07) is 4.42. The fraction of sp³-hybridized carbons (Fsp3) is 0.600. The van der Waals surface area contributed by atoms with Crippen molar-refractivity contribution in [1.82, 2.24) is 4.90 Å². The molecule has 2 aliphatic rings. The summed E-state index contributed by atoms with van der Waals surface area (Å²) >= 11 is 12.3. The summed E-state index contributed by atoms with van der Waals surface area (Å²) < 4.78 is 0. The average Bonchev–Trinajstić information content (AvgIpc) is 2.35. The zero-order valence-corrected chi connectivity index (χ0v) is 14.0. The normalized spacial score (nSPS) is 31.7. The van der Waals surface area contributed by atoms with E-state index in [2.05, 4.69) is 19.0 Å². The minimum atomic E-state index is -0.203. The first-order valence-electron chi connectivity index (χ1n) is 6.81. The van der Waals surface area contributed by atoms with Crippen molar-refractivity contribution in [3.63, 3.8) is 0 Å². The summed E-state index contributed by atoms with van der Waals surface area (Å²) in [6.07, 6.45) is 2.60. The number of aliphatic hydroxyl groups is 1. The van der Waals surface area contributed by atoms with Crippen LogP contribution in [-0.4, -0.2) is 36.2 Å². The van der Waals surface area contributed by atoms with Crippen molar-refractivity contribution in [3.8, 4) is 0 Å². The van der Waals surface area contributed by atoms with E-state index in [1.807, 2.05) is 12.1 Å². The zero-order chi connectivity index (χ0) is 13.7. The lowest BCUT2D eigenvalue weighted by atomic mass is 9.64. The Hall–Kier alpha value is 0.01000. The Balaban J connectivity index is 0.00000147. The van der Waals surface area contributed by atoms with Gasteiger partial charge in [0.2, 0.25) is 0 Å². The molecule has 1 N–H and O–H groups in total. The molecule has 1 fully saturated rings. The predicted octanol–water partition coefficient (Wildman–Crippen LogP) is 3.76. The summed E-state index contributed by atoms with van der Waals surface area (Å²) in [6.45, 7) is 0. The largest absolute Gasteiger partial charge is 0.393 e. The van der Waals surface area contributed by atoms with Gasteiger partial charge in [0.1, 0.15) is 0 Å². The van der Waals surface area contributed by atoms with Crippen LogP contribution in [-0.2, 0) is 6.42 Å². The number of aliphatic hydroxyl groups excluding tert-OH is 1. The second kappa shape index (κ2) is 6.02. The lowest BCUT2D eigenvalue weighted by Crippen LogP contribution is -2.52. The summed E-state index contributed by atoms with van der Waals surface area (Å²) in [5, 5.41) is 11.6. The Bertz CT molecular complexity index is 506. The van der Waals surface area contributed by atoms with E-state index in [4.69, 9.17) is 23.2 Å². The van der Waals surface area contributed by atoms with Gasteiger partial charge in [-0.3, -0.25) is 0 Å². The molecule has 0 aromatic heterocycles. The van der Waals surface area contributed by atoms with Crippen molar-refractivity contribution in [1.29, 1.82) is 0 Å². The molecule has 112 valence electrons. The van der Waals surface area contributed by atoms with E-state index in [9.17, 15) is 5.11 Å². The molecule has 3 rings (SSSR count). The number of likely N-dealkylation sites (N-methyl/N-ethyl adjacent to an activating group) is 1. The average molecular weight is 337 g/mol. The first kappa shape index (κ1) is 16.4. The van der Waals surface area contributed by atoms with Crippen LogP contribution in [0.25, 0.3) is 0 Å². The van der Waals surface area contributed by atoms with Crippen LogP contribution in [0.1, 0.15) is 29.9 Å². The van der Waals surface area contributed by atoms with Gasteiger partial charge in [-0.15, -0.1) is 12.4 Å². The Morgan fingerprint density at radius 3 is 2.45 bits per heavy atom. The molecule has 2 aliphatic carbocycles. The van der Waals surface area contributed by atoms with Gasteiger partial charge in [-0.1, -0.05) is 23.2 Å². The third-order valence-corrected chi connectivity index (χ3v) is 5.47. The van der Waals surface area contributed by atoms with E-state index in [0.29, 0.717) is 27.9 Å². The summed E-state index contributed by atoms with van der Waals surface area (Å²) in [5.41, 5.74) is 2.59. The third kappa shape index (κ3) is 2.57. The van der Waals surface area contributed by atoms with Crippen molar-refractivity contribution in [2.75, 3.05) is 14.1 Å². The van der Waals surface area contributed by atoms with E-state index in [0.717, 1.165) is 19.3 Å². The molecule has 0 spiro atoms. The first-order chi connectivity index (χ1) is 8.99. The van der Waals surface area contributed by atoms with Crippen LogP contribution < -0.4 is 0 Å².